The predicted molar refractivity (Wildman–Crippen MR) is 129 cm³/mol. The predicted octanol–water partition coefficient (Wildman–Crippen LogP) is 5.88. The van der Waals surface area contributed by atoms with Crippen LogP contribution in [0.3, 0.4) is 0 Å². The van der Waals surface area contributed by atoms with E-state index in [0.29, 0.717) is 0 Å². The lowest BCUT2D eigenvalue weighted by Crippen LogP contribution is -2.01. The van der Waals surface area contributed by atoms with Gasteiger partial charge in [0.15, 0.2) is 0 Å². The van der Waals surface area contributed by atoms with Crippen LogP contribution in [0.25, 0.3) is 50.3 Å². The third-order valence-corrected chi connectivity index (χ3v) is 5.63. The van der Waals surface area contributed by atoms with Gasteiger partial charge in [0.2, 0.25) is 0 Å². The summed E-state index contributed by atoms with van der Waals surface area (Å²) in [6.07, 6.45) is 3.59. The van der Waals surface area contributed by atoms with E-state index in [1.807, 2.05) is 66.7 Å². The Kier molecular flexibility index (Phi) is 4.18. The Hall–Kier alpha value is -4.51. The summed E-state index contributed by atoms with van der Waals surface area (Å²) in [6.45, 7) is 0. The van der Waals surface area contributed by atoms with E-state index in [1.54, 1.807) is 12.4 Å². The van der Waals surface area contributed by atoms with Crippen LogP contribution in [0.4, 0.5) is 5.69 Å². The molecule has 152 valence electrons. The van der Waals surface area contributed by atoms with Crippen LogP contribution in [-0.2, 0) is 0 Å². The molecule has 2 aromatic carbocycles. The lowest BCUT2D eigenvalue weighted by atomic mass is 10.1. The number of fused-ring (bicyclic) bond motifs is 3. The summed E-state index contributed by atoms with van der Waals surface area (Å²) in [4.78, 5) is 14.1. The van der Waals surface area contributed by atoms with E-state index in [9.17, 15) is 0 Å². The Morgan fingerprint density at radius 3 is 2.09 bits per heavy atom. The Labute approximate surface area is 184 Å². The monoisotopic (exact) mass is 413 g/mol. The fourth-order valence-electron chi connectivity index (χ4n) is 4.19. The molecule has 2 N–H and O–H groups in total. The second kappa shape index (κ2) is 7.32. The number of anilines is 1. The van der Waals surface area contributed by atoms with Gasteiger partial charge in [-0.1, -0.05) is 30.3 Å². The quantitative estimate of drug-likeness (QED) is 0.368. The lowest BCUT2D eigenvalue weighted by Gasteiger charge is -2.12. The topological polar surface area (TPSA) is 69.6 Å². The molecule has 0 aliphatic heterocycles. The largest absolute Gasteiger partial charge is 0.399 e. The van der Waals surface area contributed by atoms with Crippen LogP contribution in [0, 0.1) is 0 Å². The number of para-hydroxylation sites is 1. The van der Waals surface area contributed by atoms with Gasteiger partial charge in [-0.3, -0.25) is 14.5 Å². The van der Waals surface area contributed by atoms with Gasteiger partial charge in [-0.15, -0.1) is 0 Å². The highest BCUT2D eigenvalue weighted by atomic mass is 15.1. The zero-order chi connectivity index (χ0) is 21.5. The highest BCUT2D eigenvalue weighted by Gasteiger charge is 2.16. The second-order valence-corrected chi connectivity index (χ2v) is 7.66. The van der Waals surface area contributed by atoms with Gasteiger partial charge < -0.3 is 5.73 Å². The molecule has 0 saturated carbocycles. The maximum Gasteiger partial charge on any atom is 0.139 e. The van der Waals surface area contributed by atoms with Gasteiger partial charge in [0.1, 0.15) is 5.82 Å². The van der Waals surface area contributed by atoms with E-state index < -0.39 is 0 Å². The third kappa shape index (κ3) is 2.99. The van der Waals surface area contributed by atoms with Crippen molar-refractivity contribution in [1.82, 2.24) is 19.5 Å². The molecule has 0 unspecified atom stereocenters. The summed E-state index contributed by atoms with van der Waals surface area (Å²) in [5.41, 5.74) is 12.5. The minimum atomic E-state index is 0.741. The number of nitrogens with two attached hydrogens (primary N) is 1. The van der Waals surface area contributed by atoms with Crippen molar-refractivity contribution in [2.75, 3.05) is 5.73 Å². The Morgan fingerprint density at radius 1 is 0.594 bits per heavy atom. The molecule has 5 heteroatoms. The van der Waals surface area contributed by atoms with Crippen LogP contribution in [0.2, 0.25) is 0 Å². The number of nitrogen functional groups attached to an aromatic ring is 1. The van der Waals surface area contributed by atoms with Gasteiger partial charge in [0.05, 0.1) is 28.1 Å². The van der Waals surface area contributed by atoms with Crippen molar-refractivity contribution in [2.24, 2.45) is 0 Å². The van der Waals surface area contributed by atoms with E-state index >= 15 is 0 Å². The Bertz CT molecular complexity index is 1510. The smallest absolute Gasteiger partial charge is 0.139 e. The molecule has 6 aromatic rings. The number of nitrogens with zero attached hydrogens (tertiary/aromatic N) is 4. The van der Waals surface area contributed by atoms with Gasteiger partial charge in [-0.2, -0.15) is 0 Å². The highest BCUT2D eigenvalue weighted by Crippen LogP contribution is 2.34. The number of aromatic nitrogens is 4. The van der Waals surface area contributed by atoms with E-state index in [-0.39, 0.29) is 0 Å². The van der Waals surface area contributed by atoms with Crippen LogP contribution in [-0.4, -0.2) is 19.5 Å². The lowest BCUT2D eigenvalue weighted by molar-refractivity contribution is 1.08. The zero-order valence-electron chi connectivity index (χ0n) is 17.2. The average Bonchev–Trinajstić information content (AvgIpc) is 3.18. The van der Waals surface area contributed by atoms with Crippen molar-refractivity contribution < 1.29 is 0 Å². The molecule has 0 saturated heterocycles. The summed E-state index contributed by atoms with van der Waals surface area (Å²) >= 11 is 0. The molecule has 0 amide bonds. The van der Waals surface area contributed by atoms with Gasteiger partial charge in [-0.25, -0.2) is 4.98 Å². The standard InChI is InChI=1S/C27H19N5/c28-19-11-12-26-21(17-19)20-7-1-2-10-25(20)32(26)27-16-18(22-8-3-5-13-29-22)15-24(31-27)23-9-4-6-14-30-23/h1-17H,28H2. The SMILES string of the molecule is Nc1ccc2c(c1)c1ccccc1n2-c1cc(-c2ccccn2)cc(-c2ccccn2)n1. The maximum absolute atomic E-state index is 6.12. The van der Waals surface area contributed by atoms with Gasteiger partial charge in [0, 0.05) is 34.4 Å². The van der Waals surface area contributed by atoms with Crippen molar-refractivity contribution >= 4 is 27.5 Å². The van der Waals surface area contributed by atoms with E-state index in [2.05, 4.69) is 38.8 Å². The summed E-state index contributed by atoms with van der Waals surface area (Å²) in [6, 6.07) is 30.2. The van der Waals surface area contributed by atoms with Crippen LogP contribution < -0.4 is 5.73 Å². The normalized spacial score (nSPS) is 11.2. The highest BCUT2D eigenvalue weighted by molar-refractivity contribution is 6.10. The maximum atomic E-state index is 6.12. The molecule has 0 bridgehead atoms. The Balaban J connectivity index is 1.70. The molecule has 0 aliphatic carbocycles. The van der Waals surface area contributed by atoms with E-state index in [1.165, 1.54) is 0 Å². The van der Waals surface area contributed by atoms with Gasteiger partial charge in [-0.05, 0) is 60.7 Å². The molecule has 0 fully saturated rings. The summed E-state index contributed by atoms with van der Waals surface area (Å²) < 4.78 is 2.18. The molecule has 0 aliphatic rings. The molecular formula is C27H19N5. The number of hydrogen-bond acceptors (Lipinski definition) is 4. The zero-order valence-corrected chi connectivity index (χ0v) is 17.2. The average molecular weight is 413 g/mol. The van der Waals surface area contributed by atoms with E-state index in [0.717, 1.165) is 56.0 Å². The van der Waals surface area contributed by atoms with Crippen LogP contribution in [0.1, 0.15) is 0 Å². The van der Waals surface area contributed by atoms with Crippen LogP contribution in [0.15, 0.2) is 103 Å². The second-order valence-electron chi connectivity index (χ2n) is 7.66. The van der Waals surface area contributed by atoms with E-state index in [4.69, 9.17) is 10.7 Å². The summed E-state index contributed by atoms with van der Waals surface area (Å²) in [5.74, 6) is 0.810. The number of benzene rings is 2. The Morgan fingerprint density at radius 2 is 1.31 bits per heavy atom. The molecular weight excluding hydrogens is 394 g/mol. The van der Waals surface area contributed by atoms with Crippen molar-refractivity contribution in [1.29, 1.82) is 0 Å². The number of rotatable bonds is 3. The minimum Gasteiger partial charge on any atom is -0.399 e. The van der Waals surface area contributed by atoms with Crippen molar-refractivity contribution in [3.8, 4) is 28.5 Å². The third-order valence-electron chi connectivity index (χ3n) is 5.63. The first-order valence-electron chi connectivity index (χ1n) is 10.4. The van der Waals surface area contributed by atoms with Crippen molar-refractivity contribution in [2.45, 2.75) is 0 Å². The van der Waals surface area contributed by atoms with Crippen molar-refractivity contribution in [3.63, 3.8) is 0 Å². The first kappa shape index (κ1) is 18.3. The number of hydrogen-bond donors (Lipinski definition) is 1. The summed E-state index contributed by atoms with van der Waals surface area (Å²) in [5, 5.41) is 2.24. The fraction of sp³-hybridized carbons (Fsp3) is 0. The molecule has 4 heterocycles. The molecule has 0 atom stereocenters. The number of pyridine rings is 3. The fourth-order valence-corrected chi connectivity index (χ4v) is 4.19. The molecule has 5 nitrogen and oxygen atoms in total. The van der Waals surface area contributed by atoms with Gasteiger partial charge >= 0.3 is 0 Å². The van der Waals surface area contributed by atoms with Crippen molar-refractivity contribution in [3.05, 3.63) is 103 Å². The molecule has 4 aromatic heterocycles. The molecule has 32 heavy (non-hydrogen) atoms. The van der Waals surface area contributed by atoms with Gasteiger partial charge in [0.25, 0.3) is 0 Å². The summed E-state index contributed by atoms with van der Waals surface area (Å²) in [7, 11) is 0. The molecule has 0 radical (unpaired) electrons. The first-order chi connectivity index (χ1) is 15.8. The minimum absolute atomic E-state index is 0.741. The molecule has 0 spiro atoms. The van der Waals surface area contributed by atoms with Crippen LogP contribution >= 0.6 is 0 Å². The molecule has 6 rings (SSSR count). The van der Waals surface area contributed by atoms with Crippen LogP contribution in [0.5, 0.6) is 0 Å². The first-order valence-corrected chi connectivity index (χ1v) is 10.4.